The maximum atomic E-state index is 12.3. The second-order valence-electron chi connectivity index (χ2n) is 4.19. The Morgan fingerprint density at radius 3 is 2.38 bits per heavy atom. The Morgan fingerprint density at radius 2 is 1.81 bits per heavy atom. The summed E-state index contributed by atoms with van der Waals surface area (Å²) >= 11 is 3.26. The molecule has 2 aromatic rings. The predicted octanol–water partition coefficient (Wildman–Crippen LogP) is 3.24. The molecular formula is C11H8BrF3N2O3S. The Labute approximate surface area is 126 Å². The average molecular weight is 385 g/mol. The molecule has 0 atom stereocenters. The molecular weight excluding hydrogens is 377 g/mol. The van der Waals surface area contributed by atoms with Gasteiger partial charge in [-0.05, 0) is 31.5 Å². The number of aromatic nitrogens is 2. The number of fused-ring (bicyclic) bond motifs is 1. The van der Waals surface area contributed by atoms with E-state index in [1.165, 1.54) is 6.92 Å². The van der Waals surface area contributed by atoms with Gasteiger partial charge in [-0.3, -0.25) is 0 Å². The van der Waals surface area contributed by atoms with Crippen LogP contribution in [0.2, 0.25) is 0 Å². The van der Waals surface area contributed by atoms with Crippen LogP contribution in [0, 0.1) is 13.8 Å². The molecule has 0 saturated heterocycles. The lowest BCUT2D eigenvalue weighted by Gasteiger charge is -2.11. The third kappa shape index (κ3) is 3.10. The first-order valence-electron chi connectivity index (χ1n) is 5.46. The van der Waals surface area contributed by atoms with Crippen LogP contribution < -0.4 is 4.18 Å². The van der Waals surface area contributed by atoms with Crippen LogP contribution in [0.15, 0.2) is 16.6 Å². The first-order valence-corrected chi connectivity index (χ1v) is 7.66. The van der Waals surface area contributed by atoms with E-state index < -0.39 is 21.5 Å². The molecule has 1 heterocycles. The van der Waals surface area contributed by atoms with Crippen LogP contribution in [0.25, 0.3) is 11.0 Å². The zero-order valence-corrected chi connectivity index (χ0v) is 13.1. The van der Waals surface area contributed by atoms with Gasteiger partial charge in [0, 0.05) is 4.47 Å². The molecule has 2 rings (SSSR count). The second-order valence-corrected chi connectivity index (χ2v) is 6.64. The molecule has 1 aromatic carbocycles. The van der Waals surface area contributed by atoms with Crippen molar-refractivity contribution in [3.05, 3.63) is 27.9 Å². The van der Waals surface area contributed by atoms with Gasteiger partial charge in [-0.1, -0.05) is 15.9 Å². The summed E-state index contributed by atoms with van der Waals surface area (Å²) in [6, 6.07) is 3.29. The van der Waals surface area contributed by atoms with E-state index in [0.29, 0.717) is 11.1 Å². The normalized spacial score (nSPS) is 12.7. The van der Waals surface area contributed by atoms with Gasteiger partial charge in [0.15, 0.2) is 0 Å². The number of aryl methyl sites for hydroxylation is 2. The van der Waals surface area contributed by atoms with Crippen LogP contribution in [0.5, 0.6) is 5.88 Å². The molecule has 0 amide bonds. The van der Waals surface area contributed by atoms with Crippen LogP contribution in [0.3, 0.4) is 0 Å². The van der Waals surface area contributed by atoms with Gasteiger partial charge in [0.05, 0.1) is 11.0 Å². The summed E-state index contributed by atoms with van der Waals surface area (Å²) in [6.07, 6.45) is 0. The summed E-state index contributed by atoms with van der Waals surface area (Å²) in [5.41, 5.74) is -4.30. The largest absolute Gasteiger partial charge is 0.534 e. The Kier molecular flexibility index (Phi) is 3.87. The van der Waals surface area contributed by atoms with E-state index in [1.807, 2.05) is 0 Å². The molecule has 0 unspecified atom stereocenters. The summed E-state index contributed by atoms with van der Waals surface area (Å²) in [7, 11) is -5.77. The summed E-state index contributed by atoms with van der Waals surface area (Å²) in [4.78, 5) is 7.84. The van der Waals surface area contributed by atoms with Crippen molar-refractivity contribution in [2.24, 2.45) is 0 Å². The quantitative estimate of drug-likeness (QED) is 0.587. The van der Waals surface area contributed by atoms with Crippen molar-refractivity contribution in [3.8, 4) is 5.88 Å². The van der Waals surface area contributed by atoms with Gasteiger partial charge in [0.1, 0.15) is 5.69 Å². The van der Waals surface area contributed by atoms with Crippen LogP contribution >= 0.6 is 15.9 Å². The molecule has 5 nitrogen and oxygen atoms in total. The number of alkyl halides is 3. The molecule has 0 aliphatic heterocycles. The van der Waals surface area contributed by atoms with Crippen molar-refractivity contribution in [1.29, 1.82) is 0 Å². The lowest BCUT2D eigenvalue weighted by Crippen LogP contribution is -2.28. The molecule has 114 valence electrons. The topological polar surface area (TPSA) is 69.2 Å². The third-order valence-electron chi connectivity index (χ3n) is 2.53. The molecule has 0 fully saturated rings. The average Bonchev–Trinajstić information content (AvgIpc) is 2.29. The van der Waals surface area contributed by atoms with Gasteiger partial charge in [-0.25, -0.2) is 9.97 Å². The Bertz CT molecular complexity index is 822. The van der Waals surface area contributed by atoms with Gasteiger partial charge in [0.25, 0.3) is 5.88 Å². The highest BCUT2D eigenvalue weighted by Gasteiger charge is 2.49. The van der Waals surface area contributed by atoms with E-state index in [2.05, 4.69) is 30.1 Å². The standard InChI is InChI=1S/C11H8BrF3N2O3S/c1-5-3-7(12)4-8-9(5)17-10(6(2)16-8)20-21(18,19)11(13,14)15/h3-4H,1-2H3. The SMILES string of the molecule is Cc1nc2cc(Br)cc(C)c2nc1OS(=O)(=O)C(F)(F)F. The zero-order chi connectivity index (χ0) is 16.0. The summed E-state index contributed by atoms with van der Waals surface area (Å²) in [6.45, 7) is 2.98. The van der Waals surface area contributed by atoms with Crippen LogP contribution in [-0.4, -0.2) is 23.9 Å². The van der Waals surface area contributed by atoms with Gasteiger partial charge >= 0.3 is 15.6 Å². The lowest BCUT2D eigenvalue weighted by atomic mass is 10.2. The van der Waals surface area contributed by atoms with Gasteiger partial charge in [-0.15, -0.1) is 0 Å². The summed E-state index contributed by atoms with van der Waals surface area (Å²) < 4.78 is 63.8. The number of rotatable bonds is 2. The fourth-order valence-electron chi connectivity index (χ4n) is 1.59. The highest BCUT2D eigenvalue weighted by Crippen LogP contribution is 2.29. The van der Waals surface area contributed by atoms with Crippen molar-refractivity contribution in [2.75, 3.05) is 0 Å². The summed E-state index contributed by atoms with van der Waals surface area (Å²) in [5, 5.41) is 0. The van der Waals surface area contributed by atoms with Crippen molar-refractivity contribution >= 4 is 37.1 Å². The van der Waals surface area contributed by atoms with Crippen molar-refractivity contribution in [1.82, 2.24) is 9.97 Å². The molecule has 10 heteroatoms. The molecule has 0 radical (unpaired) electrons. The van der Waals surface area contributed by atoms with Crippen LogP contribution in [-0.2, 0) is 10.1 Å². The number of halogens is 4. The zero-order valence-electron chi connectivity index (χ0n) is 10.7. The Balaban J connectivity index is 2.59. The lowest BCUT2D eigenvalue weighted by molar-refractivity contribution is -0.0501. The highest BCUT2D eigenvalue weighted by atomic mass is 79.9. The van der Waals surface area contributed by atoms with E-state index in [9.17, 15) is 21.6 Å². The van der Waals surface area contributed by atoms with Crippen LogP contribution in [0.4, 0.5) is 13.2 Å². The van der Waals surface area contributed by atoms with Gasteiger partial charge in [-0.2, -0.15) is 21.6 Å². The van der Waals surface area contributed by atoms with Crippen molar-refractivity contribution in [2.45, 2.75) is 19.4 Å². The molecule has 0 saturated carbocycles. The van der Waals surface area contributed by atoms with E-state index in [0.717, 1.165) is 4.47 Å². The molecule has 0 spiro atoms. The van der Waals surface area contributed by atoms with Crippen molar-refractivity contribution < 1.29 is 25.8 Å². The third-order valence-corrected chi connectivity index (χ3v) is 3.93. The molecule has 0 aliphatic rings. The van der Waals surface area contributed by atoms with E-state index in [1.54, 1.807) is 19.1 Å². The highest BCUT2D eigenvalue weighted by molar-refractivity contribution is 9.10. The number of nitrogens with zero attached hydrogens (tertiary/aromatic N) is 2. The van der Waals surface area contributed by atoms with E-state index >= 15 is 0 Å². The molecule has 1 aromatic heterocycles. The maximum absolute atomic E-state index is 12.3. The molecule has 0 aliphatic carbocycles. The molecule has 0 bridgehead atoms. The maximum Gasteiger partial charge on any atom is 0.534 e. The van der Waals surface area contributed by atoms with E-state index in [-0.39, 0.29) is 11.2 Å². The molecule has 0 N–H and O–H groups in total. The minimum Gasteiger partial charge on any atom is -0.353 e. The number of benzene rings is 1. The number of hydrogen-bond acceptors (Lipinski definition) is 5. The second kappa shape index (κ2) is 5.09. The minimum atomic E-state index is -5.77. The van der Waals surface area contributed by atoms with Crippen molar-refractivity contribution in [3.63, 3.8) is 0 Å². The molecule has 21 heavy (non-hydrogen) atoms. The van der Waals surface area contributed by atoms with Gasteiger partial charge < -0.3 is 4.18 Å². The van der Waals surface area contributed by atoms with Gasteiger partial charge in [0.2, 0.25) is 0 Å². The Morgan fingerprint density at radius 1 is 1.19 bits per heavy atom. The summed E-state index contributed by atoms with van der Waals surface area (Å²) in [5.74, 6) is -0.690. The Hall–Kier alpha value is -1.42. The smallest absolute Gasteiger partial charge is 0.353 e. The monoisotopic (exact) mass is 384 g/mol. The first-order chi connectivity index (χ1) is 9.51. The minimum absolute atomic E-state index is 0.0622. The fourth-order valence-corrected chi connectivity index (χ4v) is 2.61. The fraction of sp³-hybridized carbons (Fsp3) is 0.273. The van der Waals surface area contributed by atoms with E-state index in [4.69, 9.17) is 0 Å². The van der Waals surface area contributed by atoms with Crippen LogP contribution in [0.1, 0.15) is 11.3 Å². The predicted molar refractivity (Wildman–Crippen MR) is 72.3 cm³/mol. The number of hydrogen-bond donors (Lipinski definition) is 0. The first kappa shape index (κ1) is 16.0.